The molecule has 1 saturated carbocycles. The molecule has 0 atom stereocenters. The summed E-state index contributed by atoms with van der Waals surface area (Å²) in [6.07, 6.45) is 4.62. The molecule has 0 amide bonds. The first-order valence-corrected chi connectivity index (χ1v) is 9.10. The number of nitrogens with one attached hydrogen (secondary N) is 1. The SMILES string of the molecule is CCNC(=NCCCc1c(C)noc1C)N(C)CCOCC1CC1. The van der Waals surface area contributed by atoms with E-state index in [-0.39, 0.29) is 0 Å². The molecule has 136 valence electrons. The third-order valence-electron chi connectivity index (χ3n) is 4.35. The number of aliphatic imine (C=N–C) groups is 1. The summed E-state index contributed by atoms with van der Waals surface area (Å²) in [6.45, 7) is 10.3. The van der Waals surface area contributed by atoms with Gasteiger partial charge in [-0.2, -0.15) is 0 Å². The number of aromatic nitrogens is 1. The van der Waals surface area contributed by atoms with Gasteiger partial charge in [-0.05, 0) is 52.4 Å². The van der Waals surface area contributed by atoms with Gasteiger partial charge in [0.2, 0.25) is 0 Å². The van der Waals surface area contributed by atoms with Crippen molar-refractivity contribution >= 4 is 5.96 Å². The smallest absolute Gasteiger partial charge is 0.193 e. The lowest BCUT2D eigenvalue weighted by Gasteiger charge is -2.22. The molecule has 2 rings (SSSR count). The average Bonchev–Trinajstić information content (AvgIpc) is 3.34. The number of hydrogen-bond donors (Lipinski definition) is 1. The van der Waals surface area contributed by atoms with Crippen LogP contribution in [0.25, 0.3) is 0 Å². The van der Waals surface area contributed by atoms with Crippen molar-refractivity contribution in [3.05, 3.63) is 17.0 Å². The molecule has 1 aromatic rings. The second-order valence-electron chi connectivity index (χ2n) is 6.58. The van der Waals surface area contributed by atoms with Gasteiger partial charge in [0.25, 0.3) is 0 Å². The average molecular weight is 336 g/mol. The van der Waals surface area contributed by atoms with Gasteiger partial charge in [-0.3, -0.25) is 4.99 Å². The van der Waals surface area contributed by atoms with Gasteiger partial charge >= 0.3 is 0 Å². The maximum atomic E-state index is 5.72. The highest BCUT2D eigenvalue weighted by Crippen LogP contribution is 2.28. The van der Waals surface area contributed by atoms with Gasteiger partial charge in [0.05, 0.1) is 12.3 Å². The maximum absolute atomic E-state index is 5.72. The Bertz CT molecular complexity index is 504. The van der Waals surface area contributed by atoms with E-state index >= 15 is 0 Å². The molecule has 1 fully saturated rings. The molecule has 0 spiro atoms. The van der Waals surface area contributed by atoms with E-state index in [0.717, 1.165) is 69.0 Å². The first kappa shape index (κ1) is 18.8. The second kappa shape index (κ2) is 9.67. The third-order valence-corrected chi connectivity index (χ3v) is 4.35. The Labute approximate surface area is 145 Å². The van der Waals surface area contributed by atoms with Crippen molar-refractivity contribution in [2.45, 2.75) is 46.5 Å². The standard InChI is InChI=1S/C18H32N4O2/c1-5-19-18(22(4)11-12-23-13-16-8-9-16)20-10-6-7-17-14(2)21-24-15(17)3/h16H,5-13H2,1-4H3,(H,19,20). The van der Waals surface area contributed by atoms with E-state index in [1.54, 1.807) is 0 Å². The van der Waals surface area contributed by atoms with Crippen molar-refractivity contribution in [1.82, 2.24) is 15.4 Å². The number of likely N-dealkylation sites (N-methyl/N-ethyl adjacent to an activating group) is 1. The minimum Gasteiger partial charge on any atom is -0.379 e. The highest BCUT2D eigenvalue weighted by molar-refractivity contribution is 5.79. The van der Waals surface area contributed by atoms with Crippen LogP contribution in [0.1, 0.15) is 43.2 Å². The minimum absolute atomic E-state index is 0.760. The predicted molar refractivity (Wildman–Crippen MR) is 96.4 cm³/mol. The monoisotopic (exact) mass is 336 g/mol. The molecule has 0 bridgehead atoms. The zero-order valence-electron chi connectivity index (χ0n) is 15.6. The number of guanidine groups is 1. The molecule has 0 radical (unpaired) electrons. The van der Waals surface area contributed by atoms with E-state index in [1.165, 1.54) is 18.4 Å². The van der Waals surface area contributed by atoms with Gasteiger partial charge in [0.1, 0.15) is 5.76 Å². The summed E-state index contributed by atoms with van der Waals surface area (Å²) >= 11 is 0. The fraction of sp³-hybridized carbons (Fsp3) is 0.778. The maximum Gasteiger partial charge on any atom is 0.193 e. The molecule has 1 heterocycles. The van der Waals surface area contributed by atoms with Crippen LogP contribution in [0, 0.1) is 19.8 Å². The zero-order chi connectivity index (χ0) is 17.4. The van der Waals surface area contributed by atoms with E-state index in [9.17, 15) is 0 Å². The summed E-state index contributed by atoms with van der Waals surface area (Å²) in [5, 5.41) is 7.35. The van der Waals surface area contributed by atoms with Crippen LogP contribution in [0.2, 0.25) is 0 Å². The van der Waals surface area contributed by atoms with Gasteiger partial charge in [-0.1, -0.05) is 5.16 Å². The molecule has 0 aliphatic heterocycles. The topological polar surface area (TPSA) is 62.9 Å². The van der Waals surface area contributed by atoms with Crippen molar-refractivity contribution < 1.29 is 9.26 Å². The van der Waals surface area contributed by atoms with Crippen LogP contribution in [0.3, 0.4) is 0 Å². The van der Waals surface area contributed by atoms with Crippen LogP contribution in [0.5, 0.6) is 0 Å². The summed E-state index contributed by atoms with van der Waals surface area (Å²) in [7, 11) is 2.07. The Morgan fingerprint density at radius 1 is 1.42 bits per heavy atom. The summed E-state index contributed by atoms with van der Waals surface area (Å²) < 4.78 is 10.9. The van der Waals surface area contributed by atoms with Crippen molar-refractivity contribution in [2.75, 3.05) is 39.9 Å². The van der Waals surface area contributed by atoms with E-state index in [4.69, 9.17) is 14.3 Å². The third kappa shape index (κ3) is 6.15. The van der Waals surface area contributed by atoms with Crippen molar-refractivity contribution in [3.8, 4) is 0 Å². The molecular formula is C18H32N4O2. The van der Waals surface area contributed by atoms with Crippen molar-refractivity contribution in [3.63, 3.8) is 0 Å². The fourth-order valence-corrected chi connectivity index (χ4v) is 2.61. The van der Waals surface area contributed by atoms with Crippen LogP contribution in [0.15, 0.2) is 9.52 Å². The number of aryl methyl sites for hydroxylation is 2. The first-order chi connectivity index (χ1) is 11.6. The van der Waals surface area contributed by atoms with Crippen LogP contribution in [0.4, 0.5) is 0 Å². The quantitative estimate of drug-likeness (QED) is 0.404. The Hall–Kier alpha value is -1.56. The van der Waals surface area contributed by atoms with Gasteiger partial charge in [-0.25, -0.2) is 0 Å². The summed E-state index contributed by atoms with van der Waals surface area (Å²) in [5.74, 6) is 2.70. The van der Waals surface area contributed by atoms with Gasteiger partial charge in [0.15, 0.2) is 5.96 Å². The van der Waals surface area contributed by atoms with Crippen LogP contribution in [-0.2, 0) is 11.2 Å². The van der Waals surface area contributed by atoms with Gasteiger partial charge in [-0.15, -0.1) is 0 Å². The van der Waals surface area contributed by atoms with Crippen molar-refractivity contribution in [1.29, 1.82) is 0 Å². The highest BCUT2D eigenvalue weighted by atomic mass is 16.5. The number of ether oxygens (including phenoxy) is 1. The summed E-state index contributed by atoms with van der Waals surface area (Å²) in [4.78, 5) is 6.87. The number of rotatable bonds is 10. The molecule has 0 unspecified atom stereocenters. The van der Waals surface area contributed by atoms with E-state index in [0.29, 0.717) is 0 Å². The lowest BCUT2D eigenvalue weighted by molar-refractivity contribution is 0.115. The lowest BCUT2D eigenvalue weighted by Crippen LogP contribution is -2.40. The molecule has 24 heavy (non-hydrogen) atoms. The lowest BCUT2D eigenvalue weighted by atomic mass is 10.1. The van der Waals surface area contributed by atoms with E-state index in [2.05, 4.69) is 29.3 Å². The Morgan fingerprint density at radius 3 is 2.83 bits per heavy atom. The van der Waals surface area contributed by atoms with Crippen LogP contribution in [-0.4, -0.2) is 55.9 Å². The molecule has 1 aliphatic carbocycles. The number of nitrogens with zero attached hydrogens (tertiary/aromatic N) is 3. The Kier molecular flexibility index (Phi) is 7.56. The summed E-state index contributed by atoms with van der Waals surface area (Å²) in [6, 6.07) is 0. The molecule has 6 heteroatoms. The zero-order valence-corrected chi connectivity index (χ0v) is 15.6. The Morgan fingerprint density at radius 2 is 2.21 bits per heavy atom. The van der Waals surface area contributed by atoms with E-state index < -0.39 is 0 Å². The molecule has 6 nitrogen and oxygen atoms in total. The molecular weight excluding hydrogens is 304 g/mol. The first-order valence-electron chi connectivity index (χ1n) is 9.10. The molecule has 0 saturated heterocycles. The second-order valence-corrected chi connectivity index (χ2v) is 6.58. The van der Waals surface area contributed by atoms with Crippen LogP contribution >= 0.6 is 0 Å². The van der Waals surface area contributed by atoms with Gasteiger partial charge < -0.3 is 19.5 Å². The normalized spacial score (nSPS) is 14.9. The predicted octanol–water partition coefficient (Wildman–Crippen LogP) is 2.55. The Balaban J connectivity index is 1.71. The highest BCUT2D eigenvalue weighted by Gasteiger charge is 2.21. The largest absolute Gasteiger partial charge is 0.379 e. The summed E-state index contributed by atoms with van der Waals surface area (Å²) in [5.41, 5.74) is 2.21. The molecule has 0 aromatic carbocycles. The number of hydrogen-bond acceptors (Lipinski definition) is 4. The molecule has 1 aliphatic rings. The molecule has 1 aromatic heterocycles. The van der Waals surface area contributed by atoms with Crippen LogP contribution < -0.4 is 5.32 Å². The minimum atomic E-state index is 0.760. The fourth-order valence-electron chi connectivity index (χ4n) is 2.61. The van der Waals surface area contributed by atoms with E-state index in [1.807, 2.05) is 13.8 Å². The van der Waals surface area contributed by atoms with Gasteiger partial charge in [0, 0.05) is 38.9 Å². The van der Waals surface area contributed by atoms with Crippen molar-refractivity contribution in [2.24, 2.45) is 10.9 Å². The molecule has 1 N–H and O–H groups in total.